The molecule has 1 aliphatic carbocycles. The van der Waals surface area contributed by atoms with Gasteiger partial charge < -0.3 is 4.79 Å². The third kappa shape index (κ3) is 3.12. The molecule has 2 unspecified atom stereocenters. The largest absolute Gasteiger partial charge is 0.391 e. The maximum Gasteiger partial charge on any atom is 0.391 e. The van der Waals surface area contributed by atoms with E-state index in [0.717, 1.165) is 0 Å². The van der Waals surface area contributed by atoms with E-state index in [0.29, 0.717) is 0 Å². The van der Waals surface area contributed by atoms with Gasteiger partial charge in [0, 0.05) is 5.92 Å². The van der Waals surface area contributed by atoms with Crippen LogP contribution in [-0.4, -0.2) is 18.6 Å². The van der Waals surface area contributed by atoms with Gasteiger partial charge in [-0.3, -0.25) is 0 Å². The summed E-state index contributed by atoms with van der Waals surface area (Å²) < 4.78 is 74.0. The van der Waals surface area contributed by atoms with Crippen LogP contribution in [0.1, 0.15) is 19.3 Å². The van der Waals surface area contributed by atoms with Crippen LogP contribution in [0.25, 0.3) is 0 Å². The van der Waals surface area contributed by atoms with Crippen molar-refractivity contribution in [3.05, 3.63) is 0 Å². The minimum absolute atomic E-state index is 0.191. The molecule has 1 rings (SSSR count). The van der Waals surface area contributed by atoms with Gasteiger partial charge in [-0.1, -0.05) is 0 Å². The fraction of sp³-hybridized carbons (Fsp3) is 0.889. The number of carbonyl (C=O) groups is 1. The first-order chi connectivity index (χ1) is 7.14. The second kappa shape index (κ2) is 4.25. The van der Waals surface area contributed by atoms with Gasteiger partial charge in [-0.15, -0.1) is 0 Å². The third-order valence-corrected chi connectivity index (χ3v) is 2.86. The Bertz CT molecular complexity index is 234. The number of alkyl halides is 6. The van der Waals surface area contributed by atoms with E-state index in [9.17, 15) is 31.1 Å². The quantitative estimate of drug-likeness (QED) is 0.513. The van der Waals surface area contributed by atoms with Crippen LogP contribution in [0.5, 0.6) is 0 Å². The standard InChI is InChI=1S/C9H10F6O/c10-8(11,12)6-1-5(4-16)2-7(3-6)9(13,14)15/h4-7H,1-3H2. The summed E-state index contributed by atoms with van der Waals surface area (Å²) in [5.41, 5.74) is 0. The minimum atomic E-state index is -4.66. The van der Waals surface area contributed by atoms with Gasteiger partial charge in [-0.2, -0.15) is 26.3 Å². The normalized spacial score (nSPS) is 32.5. The summed E-state index contributed by atoms with van der Waals surface area (Å²) in [6.07, 6.45) is -11.1. The van der Waals surface area contributed by atoms with E-state index in [1.165, 1.54) is 0 Å². The summed E-state index contributed by atoms with van der Waals surface area (Å²) in [7, 11) is 0. The van der Waals surface area contributed by atoms with E-state index in [1.54, 1.807) is 0 Å². The first-order valence-corrected chi connectivity index (χ1v) is 4.73. The molecule has 94 valence electrons. The lowest BCUT2D eigenvalue weighted by molar-refractivity contribution is -0.226. The van der Waals surface area contributed by atoms with Gasteiger partial charge in [0.15, 0.2) is 0 Å². The van der Waals surface area contributed by atoms with E-state index < -0.39 is 49.4 Å². The van der Waals surface area contributed by atoms with Gasteiger partial charge in [-0.25, -0.2) is 0 Å². The van der Waals surface area contributed by atoms with Crippen molar-refractivity contribution in [2.24, 2.45) is 17.8 Å². The molecule has 0 aromatic carbocycles. The molecule has 7 heteroatoms. The summed E-state index contributed by atoms with van der Waals surface area (Å²) in [5.74, 6) is -5.20. The van der Waals surface area contributed by atoms with Crippen LogP contribution in [0.3, 0.4) is 0 Å². The Morgan fingerprint density at radius 1 is 0.812 bits per heavy atom. The molecule has 2 atom stereocenters. The van der Waals surface area contributed by atoms with Gasteiger partial charge in [0.2, 0.25) is 0 Å². The lowest BCUT2D eigenvalue weighted by atomic mass is 9.75. The SMILES string of the molecule is O=CC1CC(C(F)(F)F)CC(C(F)(F)F)C1. The van der Waals surface area contributed by atoms with Crippen molar-refractivity contribution >= 4 is 6.29 Å². The molecule has 0 spiro atoms. The molecule has 1 saturated carbocycles. The average Bonchev–Trinajstić information content (AvgIpc) is 2.14. The van der Waals surface area contributed by atoms with E-state index >= 15 is 0 Å². The smallest absolute Gasteiger partial charge is 0.303 e. The Morgan fingerprint density at radius 2 is 1.19 bits per heavy atom. The van der Waals surface area contributed by atoms with Gasteiger partial charge in [0.05, 0.1) is 11.8 Å². The highest BCUT2D eigenvalue weighted by Gasteiger charge is 2.51. The number of aldehydes is 1. The molecule has 0 bridgehead atoms. The lowest BCUT2D eigenvalue weighted by Crippen LogP contribution is -2.38. The Morgan fingerprint density at radius 3 is 1.44 bits per heavy atom. The number of halogens is 6. The molecule has 0 saturated heterocycles. The lowest BCUT2D eigenvalue weighted by Gasteiger charge is -2.34. The molecule has 0 N–H and O–H groups in total. The van der Waals surface area contributed by atoms with Crippen LogP contribution in [0.4, 0.5) is 26.3 Å². The van der Waals surface area contributed by atoms with Crippen molar-refractivity contribution in [1.29, 1.82) is 0 Å². The van der Waals surface area contributed by atoms with E-state index in [2.05, 4.69) is 0 Å². The highest BCUT2D eigenvalue weighted by atomic mass is 19.4. The number of rotatable bonds is 1. The van der Waals surface area contributed by atoms with Crippen molar-refractivity contribution < 1.29 is 31.1 Å². The van der Waals surface area contributed by atoms with Crippen molar-refractivity contribution in [3.63, 3.8) is 0 Å². The number of hydrogen-bond acceptors (Lipinski definition) is 1. The highest BCUT2D eigenvalue weighted by molar-refractivity contribution is 5.53. The van der Waals surface area contributed by atoms with Crippen molar-refractivity contribution in [2.75, 3.05) is 0 Å². The molecule has 0 radical (unpaired) electrons. The van der Waals surface area contributed by atoms with Crippen LogP contribution in [0, 0.1) is 17.8 Å². The Balaban J connectivity index is 2.81. The minimum Gasteiger partial charge on any atom is -0.303 e. The Hall–Kier alpha value is -0.750. The van der Waals surface area contributed by atoms with Gasteiger partial charge in [0.25, 0.3) is 0 Å². The van der Waals surface area contributed by atoms with Crippen LogP contribution in [0.15, 0.2) is 0 Å². The molecule has 1 fully saturated rings. The maximum absolute atomic E-state index is 12.3. The predicted molar refractivity (Wildman–Crippen MR) is 42.5 cm³/mol. The van der Waals surface area contributed by atoms with Crippen molar-refractivity contribution in [2.45, 2.75) is 31.6 Å². The van der Waals surface area contributed by atoms with Gasteiger partial charge >= 0.3 is 12.4 Å². The van der Waals surface area contributed by atoms with Crippen LogP contribution in [0.2, 0.25) is 0 Å². The van der Waals surface area contributed by atoms with E-state index in [4.69, 9.17) is 0 Å². The fourth-order valence-corrected chi connectivity index (χ4v) is 2.01. The van der Waals surface area contributed by atoms with Crippen molar-refractivity contribution in [3.8, 4) is 0 Å². The number of carbonyl (C=O) groups excluding carboxylic acids is 1. The zero-order chi connectivity index (χ0) is 12.6. The summed E-state index contributed by atoms with van der Waals surface area (Å²) in [4.78, 5) is 10.4. The topological polar surface area (TPSA) is 17.1 Å². The third-order valence-electron chi connectivity index (χ3n) is 2.86. The molecule has 1 aliphatic rings. The Labute approximate surface area is 87.8 Å². The predicted octanol–water partition coefficient (Wildman–Crippen LogP) is 3.34. The number of hydrogen-bond donors (Lipinski definition) is 0. The molecule has 0 aromatic heterocycles. The molecular formula is C9H10F6O. The molecule has 1 nitrogen and oxygen atoms in total. The van der Waals surface area contributed by atoms with Crippen LogP contribution < -0.4 is 0 Å². The first-order valence-electron chi connectivity index (χ1n) is 4.73. The molecule has 0 aromatic rings. The monoisotopic (exact) mass is 248 g/mol. The summed E-state index contributed by atoms with van der Waals surface area (Å²) in [6, 6.07) is 0. The van der Waals surface area contributed by atoms with E-state index in [-0.39, 0.29) is 6.29 Å². The second-order valence-corrected chi connectivity index (χ2v) is 4.08. The molecule has 0 amide bonds. The molecule has 0 aliphatic heterocycles. The van der Waals surface area contributed by atoms with Crippen LogP contribution in [-0.2, 0) is 4.79 Å². The molecular weight excluding hydrogens is 238 g/mol. The van der Waals surface area contributed by atoms with Crippen LogP contribution >= 0.6 is 0 Å². The zero-order valence-corrected chi connectivity index (χ0v) is 8.11. The first kappa shape index (κ1) is 13.3. The highest BCUT2D eigenvalue weighted by Crippen LogP contribution is 2.46. The molecule has 16 heavy (non-hydrogen) atoms. The zero-order valence-electron chi connectivity index (χ0n) is 8.11. The molecule has 0 heterocycles. The van der Waals surface area contributed by atoms with Gasteiger partial charge in [-0.05, 0) is 19.3 Å². The summed E-state index contributed by atoms with van der Waals surface area (Å²) in [6.45, 7) is 0. The maximum atomic E-state index is 12.3. The summed E-state index contributed by atoms with van der Waals surface area (Å²) in [5, 5.41) is 0. The second-order valence-electron chi connectivity index (χ2n) is 4.08. The fourth-order valence-electron chi connectivity index (χ4n) is 2.01. The Kier molecular flexibility index (Phi) is 3.54. The van der Waals surface area contributed by atoms with Crippen molar-refractivity contribution in [1.82, 2.24) is 0 Å². The average molecular weight is 248 g/mol. The summed E-state index contributed by atoms with van der Waals surface area (Å²) >= 11 is 0. The van der Waals surface area contributed by atoms with Gasteiger partial charge in [0.1, 0.15) is 6.29 Å². The van der Waals surface area contributed by atoms with E-state index in [1.807, 2.05) is 0 Å².